The second-order valence-corrected chi connectivity index (χ2v) is 5.80. The van der Waals surface area contributed by atoms with Crippen molar-refractivity contribution in [2.75, 3.05) is 0 Å². The highest BCUT2D eigenvalue weighted by molar-refractivity contribution is 9.10. The van der Waals surface area contributed by atoms with Gasteiger partial charge in [-0.1, -0.05) is 19.8 Å². The van der Waals surface area contributed by atoms with Gasteiger partial charge in [-0.25, -0.2) is 9.97 Å². The van der Waals surface area contributed by atoms with Crippen LogP contribution in [0, 0.1) is 18.1 Å². The van der Waals surface area contributed by atoms with Crippen LogP contribution in [0.5, 0.6) is 5.75 Å². The number of halogens is 4. The monoisotopic (exact) mass is 432 g/mol. The second-order valence-electron chi connectivity index (χ2n) is 4.30. The Morgan fingerprint density at radius 1 is 1.12 bits per heavy atom. The van der Waals surface area contributed by atoms with Crippen molar-refractivity contribution in [3.63, 3.8) is 0 Å². The van der Waals surface area contributed by atoms with Crippen molar-refractivity contribution in [1.29, 1.82) is 0 Å². The van der Waals surface area contributed by atoms with Gasteiger partial charge in [0.2, 0.25) is 0 Å². The fourth-order valence-corrected chi connectivity index (χ4v) is 2.82. The predicted octanol–water partition coefficient (Wildman–Crippen LogP) is 6.21. The molecular weight excluding hydrogens is 417 g/mol. The first kappa shape index (κ1) is 21.3. The van der Waals surface area contributed by atoms with E-state index in [-0.39, 0.29) is 5.75 Å². The zero-order chi connectivity index (χ0) is 19.0. The summed E-state index contributed by atoms with van der Waals surface area (Å²) in [5.41, 5.74) is 2.07. The molecule has 0 saturated heterocycles. The zero-order valence-electron chi connectivity index (χ0n) is 14.0. The van der Waals surface area contributed by atoms with Crippen molar-refractivity contribution in [1.82, 2.24) is 9.97 Å². The number of alkyl halides is 3. The number of thioether (sulfide) groups is 1. The molecule has 0 N–H and O–H groups in total. The zero-order valence-corrected chi connectivity index (χ0v) is 16.4. The third-order valence-corrected chi connectivity index (χ3v) is 3.94. The number of ether oxygens (including phenoxy) is 1. The number of hydrogen-bond donors (Lipinski definition) is 0. The van der Waals surface area contributed by atoms with Gasteiger partial charge in [-0.2, -0.15) is 0 Å². The molecule has 0 bridgehead atoms. The van der Waals surface area contributed by atoms with Gasteiger partial charge in [0.05, 0.1) is 5.69 Å². The quantitative estimate of drug-likeness (QED) is 0.250. The molecule has 2 rings (SSSR count). The lowest BCUT2D eigenvalue weighted by atomic mass is 10.1. The second kappa shape index (κ2) is 9.68. The van der Waals surface area contributed by atoms with Gasteiger partial charge < -0.3 is 4.74 Å². The van der Waals surface area contributed by atoms with Gasteiger partial charge in [0.1, 0.15) is 10.8 Å². The third kappa shape index (κ3) is 6.59. The minimum atomic E-state index is -4.71. The molecule has 1 aromatic carbocycles. The molecule has 3 nitrogen and oxygen atoms in total. The Bertz CT molecular complexity index is 768. The van der Waals surface area contributed by atoms with E-state index in [0.717, 1.165) is 5.56 Å². The lowest BCUT2D eigenvalue weighted by Crippen LogP contribution is -2.16. The maximum Gasteiger partial charge on any atom is 0.573 e. The molecule has 0 aliphatic rings. The van der Waals surface area contributed by atoms with Crippen LogP contribution in [-0.2, 0) is 0 Å². The fourth-order valence-electron chi connectivity index (χ4n) is 1.76. The Hall–Kier alpha value is -1.72. The topological polar surface area (TPSA) is 35.0 Å². The number of aromatic nitrogens is 2. The van der Waals surface area contributed by atoms with E-state index in [1.807, 2.05) is 20.8 Å². The predicted molar refractivity (Wildman–Crippen MR) is 97.2 cm³/mol. The van der Waals surface area contributed by atoms with E-state index in [9.17, 15) is 13.2 Å². The largest absolute Gasteiger partial charge is 0.573 e. The molecule has 0 saturated carbocycles. The molecule has 0 aliphatic heterocycles. The summed E-state index contributed by atoms with van der Waals surface area (Å²) in [5, 5.41) is 3.54. The Kier molecular flexibility index (Phi) is 8.26. The summed E-state index contributed by atoms with van der Waals surface area (Å²) in [6.45, 7) is 7.56. The standard InChI is InChI=1S/C15H10BrF3N2OS.C2H6/c1-3-8-23-13-9(2)12(20-14(16)21-13)10-4-6-11(7-5-10)22-15(17,18)19;1-2/h4-7H,1-2H3;1-2H3. The van der Waals surface area contributed by atoms with E-state index >= 15 is 0 Å². The SMILES string of the molecule is CC.CC#CSc1nc(Br)nc(-c2ccc(OC(F)(F)F)cc2)c1C. The first-order valence-electron chi connectivity index (χ1n) is 7.29. The fraction of sp³-hybridized carbons (Fsp3) is 0.294. The summed E-state index contributed by atoms with van der Waals surface area (Å²) in [6.07, 6.45) is -4.71. The molecule has 0 fully saturated rings. The molecular formula is C17H16BrF3N2OS. The van der Waals surface area contributed by atoms with Crippen molar-refractivity contribution in [2.45, 2.75) is 39.1 Å². The van der Waals surface area contributed by atoms with Gasteiger partial charge in [-0.3, -0.25) is 0 Å². The maximum absolute atomic E-state index is 12.2. The Morgan fingerprint density at radius 3 is 2.24 bits per heavy atom. The molecule has 25 heavy (non-hydrogen) atoms. The molecule has 0 atom stereocenters. The van der Waals surface area contributed by atoms with Gasteiger partial charge in [-0.15, -0.1) is 13.2 Å². The van der Waals surface area contributed by atoms with Gasteiger partial charge in [-0.05, 0) is 71.1 Å². The normalized spacial score (nSPS) is 10.2. The van der Waals surface area contributed by atoms with E-state index in [1.165, 1.54) is 36.0 Å². The molecule has 0 unspecified atom stereocenters. The van der Waals surface area contributed by atoms with Crippen LogP contribution in [0.15, 0.2) is 34.0 Å². The molecule has 0 spiro atoms. The van der Waals surface area contributed by atoms with Gasteiger partial charge in [0.25, 0.3) is 0 Å². The van der Waals surface area contributed by atoms with Crippen molar-refractivity contribution in [2.24, 2.45) is 0 Å². The smallest absolute Gasteiger partial charge is 0.406 e. The van der Waals surface area contributed by atoms with Crippen molar-refractivity contribution < 1.29 is 17.9 Å². The highest BCUT2D eigenvalue weighted by Crippen LogP contribution is 2.31. The highest BCUT2D eigenvalue weighted by Gasteiger charge is 2.31. The van der Waals surface area contributed by atoms with Crippen LogP contribution in [0.2, 0.25) is 0 Å². The number of hydrogen-bond acceptors (Lipinski definition) is 4. The van der Waals surface area contributed by atoms with Gasteiger partial charge in [0.15, 0.2) is 4.73 Å². The lowest BCUT2D eigenvalue weighted by molar-refractivity contribution is -0.274. The molecule has 8 heteroatoms. The van der Waals surface area contributed by atoms with Crippen molar-refractivity contribution in [3.8, 4) is 28.2 Å². The maximum atomic E-state index is 12.2. The number of nitrogens with zero attached hydrogens (tertiary/aromatic N) is 2. The van der Waals surface area contributed by atoms with E-state index in [4.69, 9.17) is 0 Å². The minimum Gasteiger partial charge on any atom is -0.406 e. The molecule has 0 amide bonds. The summed E-state index contributed by atoms with van der Waals surface area (Å²) in [7, 11) is 0. The first-order chi connectivity index (χ1) is 11.8. The van der Waals surface area contributed by atoms with Crippen LogP contribution in [0.1, 0.15) is 26.3 Å². The summed E-state index contributed by atoms with van der Waals surface area (Å²) in [6, 6.07) is 5.53. The number of benzene rings is 1. The molecule has 0 aliphatic carbocycles. The highest BCUT2D eigenvalue weighted by atomic mass is 79.9. The van der Waals surface area contributed by atoms with Crippen LogP contribution < -0.4 is 4.74 Å². The Morgan fingerprint density at radius 2 is 1.72 bits per heavy atom. The van der Waals surface area contributed by atoms with Gasteiger partial charge >= 0.3 is 6.36 Å². The third-order valence-electron chi connectivity index (χ3n) is 2.68. The van der Waals surface area contributed by atoms with Crippen LogP contribution in [0.25, 0.3) is 11.3 Å². The number of rotatable bonds is 3. The van der Waals surface area contributed by atoms with E-state index < -0.39 is 6.36 Å². The molecule has 1 heterocycles. The van der Waals surface area contributed by atoms with Crippen LogP contribution in [-0.4, -0.2) is 16.3 Å². The average molecular weight is 433 g/mol. The summed E-state index contributed by atoms with van der Waals surface area (Å²) in [5.74, 6) is 2.49. The van der Waals surface area contributed by atoms with E-state index in [2.05, 4.69) is 41.8 Å². The van der Waals surface area contributed by atoms with E-state index in [0.29, 0.717) is 21.0 Å². The average Bonchev–Trinajstić information content (AvgIpc) is 2.56. The first-order valence-corrected chi connectivity index (χ1v) is 8.90. The Labute approximate surface area is 157 Å². The molecule has 1 aromatic heterocycles. The van der Waals surface area contributed by atoms with Crippen LogP contribution in [0.4, 0.5) is 13.2 Å². The van der Waals surface area contributed by atoms with Crippen LogP contribution >= 0.6 is 27.7 Å². The summed E-state index contributed by atoms with van der Waals surface area (Å²) < 4.78 is 40.8. The molecule has 0 radical (unpaired) electrons. The summed E-state index contributed by atoms with van der Waals surface area (Å²) >= 11 is 4.50. The molecule has 2 aromatic rings. The van der Waals surface area contributed by atoms with Crippen molar-refractivity contribution >= 4 is 27.7 Å². The van der Waals surface area contributed by atoms with E-state index in [1.54, 1.807) is 6.92 Å². The summed E-state index contributed by atoms with van der Waals surface area (Å²) in [4.78, 5) is 8.55. The Balaban J connectivity index is 0.00000151. The van der Waals surface area contributed by atoms with Crippen molar-refractivity contribution in [3.05, 3.63) is 34.6 Å². The lowest BCUT2D eigenvalue weighted by Gasteiger charge is -2.11. The van der Waals surface area contributed by atoms with Gasteiger partial charge in [0, 0.05) is 11.1 Å². The molecule has 134 valence electrons. The van der Waals surface area contributed by atoms with Crippen LogP contribution in [0.3, 0.4) is 0 Å². The minimum absolute atomic E-state index is 0.279.